The van der Waals surface area contributed by atoms with E-state index in [2.05, 4.69) is 26.0 Å². The Balaban J connectivity index is 1.29. The van der Waals surface area contributed by atoms with E-state index in [1.54, 1.807) is 12.1 Å². The number of unbranched alkanes of at least 4 members (excludes halogenated alkanes) is 6. The fourth-order valence-electron chi connectivity index (χ4n) is 7.29. The van der Waals surface area contributed by atoms with Crippen molar-refractivity contribution in [2.75, 3.05) is 0 Å². The molecule has 0 unspecified atom stereocenters. The van der Waals surface area contributed by atoms with E-state index in [1.807, 2.05) is 6.07 Å². The van der Waals surface area contributed by atoms with E-state index in [-0.39, 0.29) is 28.7 Å². The van der Waals surface area contributed by atoms with Crippen LogP contribution in [0.2, 0.25) is 0 Å². The minimum absolute atomic E-state index is 0.00212. The van der Waals surface area contributed by atoms with Gasteiger partial charge in [0.2, 0.25) is 0 Å². The van der Waals surface area contributed by atoms with Gasteiger partial charge in [0.1, 0.15) is 11.9 Å². The number of aliphatic hydroxyl groups is 1. The quantitative estimate of drug-likeness (QED) is 0.329. The lowest BCUT2D eigenvalue weighted by Crippen LogP contribution is -2.45. The highest BCUT2D eigenvalue weighted by Crippen LogP contribution is 2.77. The zero-order chi connectivity index (χ0) is 23.2. The molecule has 0 aromatic heterocycles. The summed E-state index contributed by atoms with van der Waals surface area (Å²) in [6, 6.07) is 9.62. The SMILES string of the molecule is CCCCCCCCCC(=O)O[C@H]1C[C@@H]2C[C@@]23c2ccc4cc(O)ccc4c2[C@@H](O)C[C@]13C. The van der Waals surface area contributed by atoms with Gasteiger partial charge in [-0.1, -0.05) is 70.6 Å². The lowest BCUT2D eigenvalue weighted by molar-refractivity contribution is -0.158. The first kappa shape index (κ1) is 22.7. The number of esters is 1. The topological polar surface area (TPSA) is 66.8 Å². The second-order valence-corrected chi connectivity index (χ2v) is 11.0. The predicted molar refractivity (Wildman–Crippen MR) is 130 cm³/mol. The Kier molecular flexibility index (Phi) is 5.93. The molecule has 1 spiro atoms. The molecule has 5 atom stereocenters. The number of benzene rings is 2. The van der Waals surface area contributed by atoms with E-state index in [9.17, 15) is 15.0 Å². The van der Waals surface area contributed by atoms with Crippen molar-refractivity contribution < 1.29 is 19.7 Å². The summed E-state index contributed by atoms with van der Waals surface area (Å²) in [7, 11) is 0. The van der Waals surface area contributed by atoms with Gasteiger partial charge >= 0.3 is 5.97 Å². The molecule has 0 bridgehead atoms. The Morgan fingerprint density at radius 2 is 1.82 bits per heavy atom. The molecule has 178 valence electrons. The van der Waals surface area contributed by atoms with Crippen molar-refractivity contribution in [1.29, 1.82) is 0 Å². The van der Waals surface area contributed by atoms with Crippen LogP contribution in [0.3, 0.4) is 0 Å². The highest BCUT2D eigenvalue weighted by Gasteiger charge is 2.76. The van der Waals surface area contributed by atoms with Crippen LogP contribution in [0.25, 0.3) is 10.8 Å². The molecule has 5 rings (SSSR count). The largest absolute Gasteiger partial charge is 0.508 e. The van der Waals surface area contributed by atoms with E-state index in [1.165, 1.54) is 37.7 Å². The normalized spacial score (nSPS) is 31.7. The molecule has 2 saturated carbocycles. The number of phenolic OH excluding ortho intramolecular Hbond substituents is 1. The van der Waals surface area contributed by atoms with Crippen molar-refractivity contribution in [2.24, 2.45) is 11.3 Å². The molecule has 0 radical (unpaired) electrons. The number of rotatable bonds is 9. The maximum absolute atomic E-state index is 12.7. The number of phenols is 1. The van der Waals surface area contributed by atoms with Crippen LogP contribution in [0.1, 0.15) is 102 Å². The fraction of sp³-hybridized carbons (Fsp3) is 0.621. The van der Waals surface area contributed by atoms with Gasteiger partial charge in [-0.3, -0.25) is 4.79 Å². The van der Waals surface area contributed by atoms with Gasteiger partial charge < -0.3 is 14.9 Å². The van der Waals surface area contributed by atoms with Crippen molar-refractivity contribution in [3.63, 3.8) is 0 Å². The van der Waals surface area contributed by atoms with Crippen LogP contribution in [-0.2, 0) is 14.9 Å². The van der Waals surface area contributed by atoms with Crippen molar-refractivity contribution in [3.05, 3.63) is 41.5 Å². The Hall–Kier alpha value is -2.07. The first-order chi connectivity index (χ1) is 15.9. The zero-order valence-electron chi connectivity index (χ0n) is 20.1. The summed E-state index contributed by atoms with van der Waals surface area (Å²) < 4.78 is 6.11. The maximum atomic E-state index is 12.7. The summed E-state index contributed by atoms with van der Waals surface area (Å²) >= 11 is 0. The fourth-order valence-corrected chi connectivity index (χ4v) is 7.29. The third-order valence-corrected chi connectivity index (χ3v) is 9.07. The van der Waals surface area contributed by atoms with Crippen molar-refractivity contribution in [1.82, 2.24) is 0 Å². The molecule has 2 aromatic rings. The highest BCUT2D eigenvalue weighted by atomic mass is 16.5. The first-order valence-electron chi connectivity index (χ1n) is 13.0. The van der Waals surface area contributed by atoms with Crippen molar-refractivity contribution in [2.45, 2.75) is 102 Å². The van der Waals surface area contributed by atoms with Crippen LogP contribution < -0.4 is 0 Å². The van der Waals surface area contributed by atoms with Crippen LogP contribution >= 0.6 is 0 Å². The van der Waals surface area contributed by atoms with Crippen LogP contribution in [-0.4, -0.2) is 22.3 Å². The summed E-state index contributed by atoms with van der Waals surface area (Å²) in [5.41, 5.74) is 2.02. The number of carbonyl (C=O) groups excluding carboxylic acids is 1. The van der Waals surface area contributed by atoms with Crippen LogP contribution in [0.15, 0.2) is 30.3 Å². The Morgan fingerprint density at radius 1 is 1.06 bits per heavy atom. The smallest absolute Gasteiger partial charge is 0.306 e. The number of hydrogen-bond acceptors (Lipinski definition) is 4. The molecule has 2 aromatic carbocycles. The summed E-state index contributed by atoms with van der Waals surface area (Å²) in [6.45, 7) is 4.46. The maximum Gasteiger partial charge on any atom is 0.306 e. The molecule has 0 amide bonds. The van der Waals surface area contributed by atoms with Gasteiger partial charge in [0.15, 0.2) is 0 Å². The molecule has 3 aliphatic rings. The van der Waals surface area contributed by atoms with Crippen molar-refractivity contribution >= 4 is 16.7 Å². The number of aliphatic hydroxyl groups excluding tert-OH is 1. The molecule has 2 fully saturated rings. The van der Waals surface area contributed by atoms with Crippen LogP contribution in [0.5, 0.6) is 5.75 Å². The first-order valence-corrected chi connectivity index (χ1v) is 13.0. The zero-order valence-corrected chi connectivity index (χ0v) is 20.1. The van der Waals surface area contributed by atoms with Gasteiger partial charge in [-0.15, -0.1) is 0 Å². The average Bonchev–Trinajstić information content (AvgIpc) is 3.45. The van der Waals surface area contributed by atoms with E-state index in [0.29, 0.717) is 18.8 Å². The second-order valence-electron chi connectivity index (χ2n) is 11.0. The van der Waals surface area contributed by atoms with Gasteiger partial charge in [-0.05, 0) is 65.6 Å². The molecular formula is C29H38O4. The number of ether oxygens (including phenoxy) is 1. The molecule has 0 aliphatic heterocycles. The summed E-state index contributed by atoms with van der Waals surface area (Å²) in [6.07, 6.45) is 10.8. The lowest BCUT2D eigenvalue weighted by atomic mass is 9.60. The van der Waals surface area contributed by atoms with Gasteiger partial charge in [-0.25, -0.2) is 0 Å². The minimum Gasteiger partial charge on any atom is -0.508 e. The number of carbonyl (C=O) groups is 1. The van der Waals surface area contributed by atoms with E-state index >= 15 is 0 Å². The summed E-state index contributed by atoms with van der Waals surface area (Å²) in [4.78, 5) is 12.7. The molecule has 0 heterocycles. The molecule has 0 saturated heterocycles. The second kappa shape index (κ2) is 8.61. The monoisotopic (exact) mass is 450 g/mol. The average molecular weight is 451 g/mol. The Labute approximate surface area is 197 Å². The Bertz CT molecular complexity index is 1050. The predicted octanol–water partition coefficient (Wildman–Crippen LogP) is 6.70. The standard InChI is InChI=1S/C29H38O4/c1-3-4-5-6-7-8-9-10-26(32)33-25-16-20-17-29(20)23-14-11-19-15-21(30)12-13-22(19)27(23)24(31)18-28(25,29)2/h11-15,20,24-25,30-31H,3-10,16-18H2,1-2H3/t20-,24+,25+,28-,29+/m1/s1. The number of aromatic hydroxyl groups is 1. The molecule has 4 heteroatoms. The molecule has 33 heavy (non-hydrogen) atoms. The van der Waals surface area contributed by atoms with E-state index in [0.717, 1.165) is 42.0 Å². The Morgan fingerprint density at radius 3 is 2.61 bits per heavy atom. The van der Waals surface area contributed by atoms with Crippen molar-refractivity contribution in [3.8, 4) is 5.75 Å². The van der Waals surface area contributed by atoms with Gasteiger partial charge in [-0.2, -0.15) is 0 Å². The van der Waals surface area contributed by atoms with Crippen LogP contribution in [0.4, 0.5) is 0 Å². The van der Waals surface area contributed by atoms with E-state index in [4.69, 9.17) is 4.74 Å². The summed E-state index contributed by atoms with van der Waals surface area (Å²) in [5.74, 6) is 0.689. The van der Waals surface area contributed by atoms with Gasteiger partial charge in [0.05, 0.1) is 6.10 Å². The molecule has 2 N–H and O–H groups in total. The molecule has 3 aliphatic carbocycles. The lowest BCUT2D eigenvalue weighted by Gasteiger charge is -2.46. The number of fused-ring (bicyclic) bond motifs is 3. The summed E-state index contributed by atoms with van der Waals surface area (Å²) in [5, 5.41) is 23.2. The van der Waals surface area contributed by atoms with Crippen LogP contribution in [0, 0.1) is 11.3 Å². The van der Waals surface area contributed by atoms with E-state index < -0.39 is 6.10 Å². The van der Waals surface area contributed by atoms with Gasteiger partial charge in [0, 0.05) is 17.3 Å². The molecule has 4 nitrogen and oxygen atoms in total. The minimum atomic E-state index is -0.590. The third-order valence-electron chi connectivity index (χ3n) is 9.07. The third kappa shape index (κ3) is 3.65. The number of hydrogen-bond donors (Lipinski definition) is 2. The highest BCUT2D eigenvalue weighted by molar-refractivity contribution is 5.89. The molecular weight excluding hydrogens is 412 g/mol. The van der Waals surface area contributed by atoms with Gasteiger partial charge in [0.25, 0.3) is 0 Å².